The maximum absolute atomic E-state index is 12.2. The van der Waals surface area contributed by atoms with Gasteiger partial charge in [0.1, 0.15) is 6.54 Å². The molecule has 0 aliphatic heterocycles. The van der Waals surface area contributed by atoms with E-state index in [9.17, 15) is 9.59 Å². The van der Waals surface area contributed by atoms with Crippen molar-refractivity contribution in [1.82, 2.24) is 5.32 Å². The zero-order valence-corrected chi connectivity index (χ0v) is 15.9. The molecule has 0 aliphatic rings. The molecule has 2 aromatic rings. The number of benzene rings is 2. The minimum Gasteiger partial charge on any atom is -0.355 e. The van der Waals surface area contributed by atoms with Crippen LogP contribution in [0.15, 0.2) is 54.6 Å². The van der Waals surface area contributed by atoms with Crippen LogP contribution in [0.5, 0.6) is 0 Å². The van der Waals surface area contributed by atoms with Gasteiger partial charge in [-0.25, -0.2) is 0 Å². The molecule has 0 saturated heterocycles. The molecule has 0 fully saturated rings. The van der Waals surface area contributed by atoms with E-state index in [0.29, 0.717) is 12.5 Å². The SMILES string of the molecule is CC(=O)N(CC(=O)NCCCc1ccccc1)c1ccc(C(C)C)cc1. The lowest BCUT2D eigenvalue weighted by molar-refractivity contribution is -0.123. The largest absolute Gasteiger partial charge is 0.355 e. The van der Waals surface area contributed by atoms with Gasteiger partial charge in [-0.3, -0.25) is 9.59 Å². The van der Waals surface area contributed by atoms with Gasteiger partial charge in [0.2, 0.25) is 11.8 Å². The fraction of sp³-hybridized carbons (Fsp3) is 0.364. The van der Waals surface area contributed by atoms with Gasteiger partial charge < -0.3 is 10.2 Å². The lowest BCUT2D eigenvalue weighted by Crippen LogP contribution is -2.40. The summed E-state index contributed by atoms with van der Waals surface area (Å²) in [7, 11) is 0. The number of carbonyl (C=O) groups is 2. The van der Waals surface area contributed by atoms with E-state index >= 15 is 0 Å². The van der Waals surface area contributed by atoms with E-state index < -0.39 is 0 Å². The number of hydrogen-bond acceptors (Lipinski definition) is 2. The third-order valence-corrected chi connectivity index (χ3v) is 4.36. The molecule has 2 rings (SSSR count). The van der Waals surface area contributed by atoms with Crippen LogP contribution in [0, 0.1) is 0 Å². The predicted molar refractivity (Wildman–Crippen MR) is 106 cm³/mol. The van der Waals surface area contributed by atoms with E-state index in [1.54, 1.807) is 0 Å². The zero-order valence-electron chi connectivity index (χ0n) is 15.9. The molecule has 2 aromatic carbocycles. The van der Waals surface area contributed by atoms with Gasteiger partial charge in [-0.05, 0) is 42.0 Å². The number of rotatable bonds is 8. The highest BCUT2D eigenvalue weighted by atomic mass is 16.2. The highest BCUT2D eigenvalue weighted by molar-refractivity contribution is 5.97. The van der Waals surface area contributed by atoms with Gasteiger partial charge in [0.25, 0.3) is 0 Å². The summed E-state index contributed by atoms with van der Waals surface area (Å²) in [6.07, 6.45) is 1.80. The van der Waals surface area contributed by atoms with Gasteiger partial charge in [-0.2, -0.15) is 0 Å². The third kappa shape index (κ3) is 6.03. The summed E-state index contributed by atoms with van der Waals surface area (Å²) < 4.78 is 0. The fourth-order valence-electron chi connectivity index (χ4n) is 2.79. The Labute approximate surface area is 156 Å². The van der Waals surface area contributed by atoms with Crippen LogP contribution in [-0.2, 0) is 16.0 Å². The average Bonchev–Trinajstić information content (AvgIpc) is 2.64. The van der Waals surface area contributed by atoms with Gasteiger partial charge in [0.15, 0.2) is 0 Å². The second-order valence-electron chi connectivity index (χ2n) is 6.79. The van der Waals surface area contributed by atoms with Crippen LogP contribution in [0.2, 0.25) is 0 Å². The summed E-state index contributed by atoms with van der Waals surface area (Å²) in [5.74, 6) is 0.158. The molecular weight excluding hydrogens is 324 g/mol. The number of amides is 2. The first-order valence-electron chi connectivity index (χ1n) is 9.16. The molecule has 26 heavy (non-hydrogen) atoms. The molecule has 1 N–H and O–H groups in total. The summed E-state index contributed by atoms with van der Waals surface area (Å²) >= 11 is 0. The molecule has 138 valence electrons. The first-order chi connectivity index (χ1) is 12.5. The summed E-state index contributed by atoms with van der Waals surface area (Å²) in [6.45, 7) is 6.38. The first-order valence-corrected chi connectivity index (χ1v) is 9.16. The highest BCUT2D eigenvalue weighted by Crippen LogP contribution is 2.20. The van der Waals surface area contributed by atoms with Crippen molar-refractivity contribution in [3.63, 3.8) is 0 Å². The second kappa shape index (κ2) is 9.76. The Morgan fingerprint density at radius 1 is 1.00 bits per heavy atom. The van der Waals surface area contributed by atoms with E-state index in [4.69, 9.17) is 0 Å². The molecule has 0 bridgehead atoms. The molecule has 0 radical (unpaired) electrons. The predicted octanol–water partition coefficient (Wildman–Crippen LogP) is 3.91. The van der Waals surface area contributed by atoms with Crippen molar-refractivity contribution in [3.05, 3.63) is 65.7 Å². The standard InChI is InChI=1S/C22H28N2O2/c1-17(2)20-11-13-21(14-12-20)24(18(3)25)16-22(26)23-15-7-10-19-8-5-4-6-9-19/h4-6,8-9,11-14,17H,7,10,15-16H2,1-3H3,(H,23,26). The Hall–Kier alpha value is -2.62. The zero-order chi connectivity index (χ0) is 18.9. The Kier molecular flexibility index (Phi) is 7.39. The van der Waals surface area contributed by atoms with Crippen molar-refractivity contribution in [2.45, 2.75) is 39.5 Å². The Bertz CT molecular complexity index is 709. The second-order valence-corrected chi connectivity index (χ2v) is 6.79. The molecule has 4 heteroatoms. The quantitative estimate of drug-likeness (QED) is 0.732. The number of anilines is 1. The molecule has 0 heterocycles. The third-order valence-electron chi connectivity index (χ3n) is 4.36. The van der Waals surface area contributed by atoms with E-state index in [2.05, 4.69) is 31.3 Å². The minimum atomic E-state index is -0.138. The summed E-state index contributed by atoms with van der Waals surface area (Å²) in [4.78, 5) is 25.7. The van der Waals surface area contributed by atoms with Crippen LogP contribution >= 0.6 is 0 Å². The molecule has 0 spiro atoms. The number of hydrogen-bond donors (Lipinski definition) is 1. The minimum absolute atomic E-state index is 0.0433. The lowest BCUT2D eigenvalue weighted by atomic mass is 10.0. The van der Waals surface area contributed by atoms with E-state index in [1.807, 2.05) is 42.5 Å². The van der Waals surface area contributed by atoms with Crippen molar-refractivity contribution < 1.29 is 9.59 Å². The number of nitrogens with zero attached hydrogens (tertiary/aromatic N) is 1. The van der Waals surface area contributed by atoms with Gasteiger partial charge in [-0.1, -0.05) is 56.3 Å². The van der Waals surface area contributed by atoms with Crippen LogP contribution in [0.25, 0.3) is 0 Å². The summed E-state index contributed by atoms with van der Waals surface area (Å²) in [5, 5.41) is 2.90. The maximum Gasteiger partial charge on any atom is 0.240 e. The molecule has 0 aromatic heterocycles. The van der Waals surface area contributed by atoms with Crippen molar-refractivity contribution in [3.8, 4) is 0 Å². The average molecular weight is 352 g/mol. The Balaban J connectivity index is 1.84. The van der Waals surface area contributed by atoms with Gasteiger partial charge in [0.05, 0.1) is 0 Å². The molecular formula is C22H28N2O2. The van der Waals surface area contributed by atoms with Crippen molar-refractivity contribution in [2.75, 3.05) is 18.0 Å². The maximum atomic E-state index is 12.2. The van der Waals surface area contributed by atoms with Crippen LogP contribution in [-0.4, -0.2) is 24.9 Å². The van der Waals surface area contributed by atoms with Crippen LogP contribution in [0.3, 0.4) is 0 Å². The van der Waals surface area contributed by atoms with Gasteiger partial charge in [0, 0.05) is 19.2 Å². The molecule has 2 amide bonds. The molecule has 4 nitrogen and oxygen atoms in total. The Morgan fingerprint density at radius 2 is 1.65 bits per heavy atom. The van der Waals surface area contributed by atoms with Crippen LogP contribution in [0.1, 0.15) is 44.2 Å². The lowest BCUT2D eigenvalue weighted by Gasteiger charge is -2.21. The number of aryl methyl sites for hydroxylation is 1. The molecule has 0 atom stereocenters. The normalized spacial score (nSPS) is 10.6. The smallest absolute Gasteiger partial charge is 0.240 e. The van der Waals surface area contributed by atoms with E-state index in [-0.39, 0.29) is 18.4 Å². The van der Waals surface area contributed by atoms with Crippen molar-refractivity contribution in [2.24, 2.45) is 0 Å². The molecule has 0 unspecified atom stereocenters. The molecule has 0 saturated carbocycles. The monoisotopic (exact) mass is 352 g/mol. The van der Waals surface area contributed by atoms with Crippen LogP contribution < -0.4 is 10.2 Å². The van der Waals surface area contributed by atoms with Crippen LogP contribution in [0.4, 0.5) is 5.69 Å². The summed E-state index contributed by atoms with van der Waals surface area (Å²) in [5.41, 5.74) is 3.22. The number of nitrogens with one attached hydrogen (secondary N) is 1. The Morgan fingerprint density at radius 3 is 2.23 bits per heavy atom. The number of carbonyl (C=O) groups excluding carboxylic acids is 2. The van der Waals surface area contributed by atoms with Gasteiger partial charge in [-0.15, -0.1) is 0 Å². The fourth-order valence-corrected chi connectivity index (χ4v) is 2.79. The van der Waals surface area contributed by atoms with Gasteiger partial charge >= 0.3 is 0 Å². The van der Waals surface area contributed by atoms with E-state index in [1.165, 1.54) is 23.0 Å². The van der Waals surface area contributed by atoms with Crippen molar-refractivity contribution >= 4 is 17.5 Å². The van der Waals surface area contributed by atoms with Crippen molar-refractivity contribution in [1.29, 1.82) is 0 Å². The molecule has 0 aliphatic carbocycles. The first kappa shape index (κ1) is 19.7. The van der Waals surface area contributed by atoms with E-state index in [0.717, 1.165) is 18.5 Å². The highest BCUT2D eigenvalue weighted by Gasteiger charge is 2.15. The summed E-state index contributed by atoms with van der Waals surface area (Å²) in [6, 6.07) is 18.0. The topological polar surface area (TPSA) is 49.4 Å².